The van der Waals surface area contributed by atoms with Crippen molar-refractivity contribution in [1.82, 2.24) is 4.90 Å². The summed E-state index contributed by atoms with van der Waals surface area (Å²) in [6, 6.07) is 11.1. The predicted molar refractivity (Wildman–Crippen MR) is 86.5 cm³/mol. The molecule has 0 spiro atoms. The fourth-order valence-corrected chi connectivity index (χ4v) is 3.25. The van der Waals surface area contributed by atoms with Crippen LogP contribution >= 0.6 is 0 Å². The summed E-state index contributed by atoms with van der Waals surface area (Å²) in [6.45, 7) is 10.3. The maximum Gasteiger partial charge on any atom is 0.0233 e. The van der Waals surface area contributed by atoms with Crippen LogP contribution in [-0.2, 0) is 6.54 Å². The summed E-state index contributed by atoms with van der Waals surface area (Å²) in [5, 5.41) is 0. The lowest BCUT2D eigenvalue weighted by atomic mass is 9.80. The molecule has 112 valence electrons. The molecule has 2 heteroatoms. The summed E-state index contributed by atoms with van der Waals surface area (Å²) in [5.41, 5.74) is 8.18. The zero-order valence-corrected chi connectivity index (χ0v) is 13.3. The summed E-state index contributed by atoms with van der Waals surface area (Å²) in [4.78, 5) is 2.57. The Morgan fingerprint density at radius 1 is 1.15 bits per heavy atom. The van der Waals surface area contributed by atoms with Gasteiger partial charge in [0, 0.05) is 12.6 Å². The number of piperidine rings is 1. The van der Waals surface area contributed by atoms with E-state index in [1.54, 1.807) is 0 Å². The van der Waals surface area contributed by atoms with Gasteiger partial charge in [-0.15, -0.1) is 0 Å². The highest BCUT2D eigenvalue weighted by Gasteiger charge is 2.27. The third-order valence-corrected chi connectivity index (χ3v) is 4.33. The van der Waals surface area contributed by atoms with Crippen LogP contribution < -0.4 is 5.73 Å². The van der Waals surface area contributed by atoms with Gasteiger partial charge in [0.2, 0.25) is 0 Å². The molecule has 1 aliphatic heterocycles. The maximum atomic E-state index is 6.41. The first-order valence-electron chi connectivity index (χ1n) is 7.96. The smallest absolute Gasteiger partial charge is 0.0233 e. The van der Waals surface area contributed by atoms with Crippen molar-refractivity contribution in [1.29, 1.82) is 0 Å². The molecule has 1 aliphatic rings. The molecule has 0 aromatic heterocycles. The van der Waals surface area contributed by atoms with Gasteiger partial charge in [0.05, 0.1) is 0 Å². The molecule has 1 heterocycles. The number of hydrogen-bond donors (Lipinski definition) is 1. The molecule has 0 amide bonds. The van der Waals surface area contributed by atoms with E-state index < -0.39 is 0 Å². The number of hydrogen-bond acceptors (Lipinski definition) is 2. The topological polar surface area (TPSA) is 29.3 Å². The van der Waals surface area contributed by atoms with E-state index in [4.69, 9.17) is 5.73 Å². The molecule has 1 fully saturated rings. The third-order valence-electron chi connectivity index (χ3n) is 4.33. The van der Waals surface area contributed by atoms with E-state index in [9.17, 15) is 0 Å². The second-order valence-corrected chi connectivity index (χ2v) is 7.53. The molecule has 0 bridgehead atoms. The first-order chi connectivity index (χ1) is 9.44. The van der Waals surface area contributed by atoms with Gasteiger partial charge in [-0.25, -0.2) is 0 Å². The van der Waals surface area contributed by atoms with Crippen molar-refractivity contribution in [2.45, 2.75) is 52.6 Å². The minimum atomic E-state index is 0.348. The molecule has 1 aromatic carbocycles. The Morgan fingerprint density at radius 3 is 2.30 bits per heavy atom. The van der Waals surface area contributed by atoms with E-state index in [0.29, 0.717) is 17.4 Å². The molecule has 0 radical (unpaired) electrons. The van der Waals surface area contributed by atoms with Crippen molar-refractivity contribution in [2.75, 3.05) is 13.1 Å². The van der Waals surface area contributed by atoms with Crippen molar-refractivity contribution in [3.63, 3.8) is 0 Å². The number of rotatable bonds is 4. The molecular formula is C18H30N2. The van der Waals surface area contributed by atoms with Crippen molar-refractivity contribution in [3.05, 3.63) is 35.9 Å². The van der Waals surface area contributed by atoms with Crippen LogP contribution in [0.4, 0.5) is 0 Å². The summed E-state index contributed by atoms with van der Waals surface area (Å²) >= 11 is 0. The van der Waals surface area contributed by atoms with E-state index in [1.807, 2.05) is 0 Å². The highest BCUT2D eigenvalue weighted by molar-refractivity contribution is 5.14. The fraction of sp³-hybridized carbons (Fsp3) is 0.667. The van der Waals surface area contributed by atoms with Gasteiger partial charge in [0.25, 0.3) is 0 Å². The van der Waals surface area contributed by atoms with Crippen LogP contribution in [-0.4, -0.2) is 24.0 Å². The van der Waals surface area contributed by atoms with Crippen LogP contribution in [0.1, 0.15) is 45.6 Å². The minimum absolute atomic E-state index is 0.348. The molecular weight excluding hydrogens is 244 g/mol. The quantitative estimate of drug-likeness (QED) is 0.908. The number of nitrogens with two attached hydrogens (primary N) is 1. The Bertz CT molecular complexity index is 386. The summed E-state index contributed by atoms with van der Waals surface area (Å²) < 4.78 is 0. The number of nitrogens with zero attached hydrogens (tertiary/aromatic N) is 1. The van der Waals surface area contributed by atoms with E-state index in [1.165, 1.54) is 31.5 Å². The molecule has 2 N–H and O–H groups in total. The van der Waals surface area contributed by atoms with Crippen molar-refractivity contribution >= 4 is 0 Å². The second-order valence-electron chi connectivity index (χ2n) is 7.53. The van der Waals surface area contributed by atoms with Gasteiger partial charge >= 0.3 is 0 Å². The lowest BCUT2D eigenvalue weighted by Crippen LogP contribution is -2.42. The van der Waals surface area contributed by atoms with Crippen LogP contribution in [0, 0.1) is 11.3 Å². The lowest BCUT2D eigenvalue weighted by Gasteiger charge is -2.36. The Hall–Kier alpha value is -0.860. The van der Waals surface area contributed by atoms with Crippen molar-refractivity contribution in [2.24, 2.45) is 17.1 Å². The predicted octanol–water partition coefficient (Wildman–Crippen LogP) is 3.66. The molecule has 0 saturated carbocycles. The molecule has 2 rings (SSSR count). The first-order valence-corrected chi connectivity index (χ1v) is 7.96. The van der Waals surface area contributed by atoms with E-state index in [0.717, 1.165) is 13.0 Å². The van der Waals surface area contributed by atoms with E-state index >= 15 is 0 Å². The Kier molecular flexibility index (Phi) is 5.22. The highest BCUT2D eigenvalue weighted by Crippen LogP contribution is 2.28. The van der Waals surface area contributed by atoms with Gasteiger partial charge in [-0.2, -0.15) is 0 Å². The zero-order valence-electron chi connectivity index (χ0n) is 13.3. The fourth-order valence-electron chi connectivity index (χ4n) is 3.25. The molecule has 1 atom stereocenters. The molecule has 2 nitrogen and oxygen atoms in total. The van der Waals surface area contributed by atoms with E-state index in [-0.39, 0.29) is 0 Å². The maximum absolute atomic E-state index is 6.41. The highest BCUT2D eigenvalue weighted by atomic mass is 15.1. The first kappa shape index (κ1) is 15.5. The van der Waals surface area contributed by atoms with Gasteiger partial charge in [0.1, 0.15) is 0 Å². The van der Waals surface area contributed by atoms with Crippen LogP contribution in [0.15, 0.2) is 30.3 Å². The average Bonchev–Trinajstić information content (AvgIpc) is 2.39. The van der Waals surface area contributed by atoms with Crippen LogP contribution in [0.3, 0.4) is 0 Å². The third kappa shape index (κ3) is 4.92. The van der Waals surface area contributed by atoms with Crippen LogP contribution in [0.5, 0.6) is 0 Å². The molecule has 0 aliphatic carbocycles. The van der Waals surface area contributed by atoms with Gasteiger partial charge in [-0.05, 0) is 49.2 Å². The van der Waals surface area contributed by atoms with Gasteiger partial charge in [-0.3, -0.25) is 4.90 Å². The lowest BCUT2D eigenvalue weighted by molar-refractivity contribution is 0.148. The van der Waals surface area contributed by atoms with Crippen molar-refractivity contribution in [3.8, 4) is 0 Å². The molecule has 1 unspecified atom stereocenters. The Morgan fingerprint density at radius 2 is 1.75 bits per heavy atom. The van der Waals surface area contributed by atoms with Gasteiger partial charge < -0.3 is 5.73 Å². The van der Waals surface area contributed by atoms with Crippen molar-refractivity contribution < 1.29 is 0 Å². The normalized spacial score (nSPS) is 20.0. The minimum Gasteiger partial charge on any atom is -0.327 e. The Balaban J connectivity index is 1.78. The Labute approximate surface area is 124 Å². The molecule has 1 saturated heterocycles. The van der Waals surface area contributed by atoms with Crippen LogP contribution in [0.2, 0.25) is 0 Å². The largest absolute Gasteiger partial charge is 0.327 e. The summed E-state index contributed by atoms with van der Waals surface area (Å²) in [5.74, 6) is 0.709. The molecule has 20 heavy (non-hydrogen) atoms. The second kappa shape index (κ2) is 6.73. The van der Waals surface area contributed by atoms with Crippen LogP contribution in [0.25, 0.3) is 0 Å². The average molecular weight is 274 g/mol. The molecule has 1 aromatic rings. The number of benzene rings is 1. The standard InChI is InChI=1S/C18H30N2/c1-18(2,3)13-17(19)16-9-11-20(12-10-16)14-15-7-5-4-6-8-15/h4-8,16-17H,9-14,19H2,1-3H3. The monoisotopic (exact) mass is 274 g/mol. The SMILES string of the molecule is CC(C)(C)CC(N)C1CCN(Cc2ccccc2)CC1. The number of likely N-dealkylation sites (tertiary alicyclic amines) is 1. The van der Waals surface area contributed by atoms with Gasteiger partial charge in [-0.1, -0.05) is 51.1 Å². The summed E-state index contributed by atoms with van der Waals surface area (Å²) in [7, 11) is 0. The summed E-state index contributed by atoms with van der Waals surface area (Å²) in [6.07, 6.45) is 3.64. The van der Waals surface area contributed by atoms with Gasteiger partial charge in [0.15, 0.2) is 0 Å². The zero-order chi connectivity index (χ0) is 14.6. The van der Waals surface area contributed by atoms with E-state index in [2.05, 4.69) is 56.0 Å².